The second kappa shape index (κ2) is 31.7. The van der Waals surface area contributed by atoms with Gasteiger partial charge >= 0.3 is 6.18 Å². The molecule has 0 saturated heterocycles. The molecule has 0 N–H and O–H groups in total. The molecule has 20 nitrogen and oxygen atoms in total. The van der Waals surface area contributed by atoms with E-state index in [9.17, 15) is 17.6 Å². The Kier molecular flexibility index (Phi) is 23.1. The fourth-order valence-corrected chi connectivity index (χ4v) is 12.3. The molecule has 26 heteroatoms. The van der Waals surface area contributed by atoms with Gasteiger partial charge in [-0.05, 0) is 186 Å². The highest BCUT2D eigenvalue weighted by Gasteiger charge is 2.35. The third-order valence-electron chi connectivity index (χ3n) is 17.2. The normalized spacial score (nSPS) is 10.8. The summed E-state index contributed by atoms with van der Waals surface area (Å²) in [6.45, 7) is 23.1. The van der Waals surface area contributed by atoms with E-state index in [1.54, 1.807) is 43.4 Å². The number of aromatic nitrogens is 8. The minimum Gasteiger partial charge on any atom is -0.361 e. The van der Waals surface area contributed by atoms with Crippen LogP contribution in [0, 0.1) is 134 Å². The molecule has 0 unspecified atom stereocenters. The van der Waals surface area contributed by atoms with Crippen molar-refractivity contribution in [3.05, 3.63) is 234 Å². The lowest BCUT2D eigenvalue weighted by Crippen LogP contribution is -2.15. The van der Waals surface area contributed by atoms with Gasteiger partial charge < -0.3 is 37.7 Å². The van der Waals surface area contributed by atoms with Gasteiger partial charge in [-0.1, -0.05) is 80.8 Å². The highest BCUT2D eigenvalue weighted by Crippen LogP contribution is 2.41. The van der Waals surface area contributed by atoms with Crippen LogP contribution in [0.5, 0.6) is 0 Å². The molecule has 0 aliphatic rings. The number of halogens is 6. The lowest BCUT2D eigenvalue weighted by atomic mass is 10.0. The largest absolute Gasteiger partial charge is 0.419 e. The van der Waals surface area contributed by atoms with E-state index in [0.717, 1.165) is 141 Å². The van der Waals surface area contributed by atoms with Crippen LogP contribution in [0.1, 0.15) is 96.4 Å². The maximum atomic E-state index is 13.9. The van der Waals surface area contributed by atoms with Crippen molar-refractivity contribution in [1.29, 1.82) is 21.0 Å². The molecule has 4 aromatic carbocycles. The molecule has 0 saturated carbocycles. The Bertz CT molecular complexity index is 4900. The molecule has 12 aromatic rings. The first-order valence-electron chi connectivity index (χ1n) is 31.6. The molecule has 0 radical (unpaired) electrons. The molecule has 0 spiro atoms. The van der Waals surface area contributed by atoms with Gasteiger partial charge in [0.2, 0.25) is 0 Å². The number of anilines is 8. The Morgan fingerprint density at radius 3 is 0.942 bits per heavy atom. The Morgan fingerprint density at radius 2 is 0.670 bits per heavy atom. The third-order valence-corrected chi connectivity index (χ3v) is 18.1. The van der Waals surface area contributed by atoms with E-state index in [4.69, 9.17) is 50.7 Å². The summed E-state index contributed by atoms with van der Waals surface area (Å²) in [6.07, 6.45) is 1.43. The van der Waals surface area contributed by atoms with E-state index < -0.39 is 23.3 Å². The van der Waals surface area contributed by atoms with Gasteiger partial charge in [-0.2, -0.15) is 34.2 Å². The molecule has 8 heterocycles. The number of pyridine rings is 4. The molecule has 522 valence electrons. The van der Waals surface area contributed by atoms with E-state index in [-0.39, 0.29) is 17.1 Å². The van der Waals surface area contributed by atoms with Crippen LogP contribution < -0.4 is 19.6 Å². The van der Waals surface area contributed by atoms with Crippen molar-refractivity contribution >= 4 is 73.0 Å². The lowest BCUT2D eigenvalue weighted by molar-refractivity contribution is -0.138. The molecule has 12 rings (SSSR count). The first-order valence-corrected chi connectivity index (χ1v) is 32.8. The maximum Gasteiger partial charge on any atom is 0.419 e. The van der Waals surface area contributed by atoms with Crippen LogP contribution >= 0.6 is 27.5 Å². The van der Waals surface area contributed by atoms with Crippen molar-refractivity contribution in [2.24, 2.45) is 0 Å². The number of nitrogens with zero attached hydrogens (tertiary/aromatic N) is 16. The summed E-state index contributed by atoms with van der Waals surface area (Å²) in [5.41, 5.74) is 20.0. The molecule has 0 amide bonds. The monoisotopic (exact) mass is 1470 g/mol. The quantitative estimate of drug-likeness (QED) is 0.103. The average molecular weight is 1470 g/mol. The number of benzene rings is 4. The summed E-state index contributed by atoms with van der Waals surface area (Å²) in [7, 11) is 7.42. The van der Waals surface area contributed by atoms with Crippen LogP contribution in [0.2, 0.25) is 5.02 Å². The SMILES string of the molecule is Cc1ccc(-c2c(C)noc2C)cc1N(C)c1cnc(C#N)c(Br)c1.Cc1ccc(-c2c(C)noc2C)cc1N(C)c1cnc(C#N)c(C(F)(F)F)c1.Cc1ccc(-c2c(C)noc2C)cc1N(C)c1cnc(C#N)c(Cl)c1.Cc1ccc(-c2c(C)noc2C)cc1N(C)c1cnc(C#N)c(F)c1. The Balaban J connectivity index is 0.000000160. The highest BCUT2D eigenvalue weighted by atomic mass is 79.9. The summed E-state index contributed by atoms with van der Waals surface area (Å²) < 4.78 is 75.4. The fourth-order valence-electron chi connectivity index (χ4n) is 11.7. The van der Waals surface area contributed by atoms with Gasteiger partial charge in [0, 0.05) is 79.3 Å². The van der Waals surface area contributed by atoms with E-state index in [1.165, 1.54) is 24.5 Å². The van der Waals surface area contributed by atoms with Crippen molar-refractivity contribution in [1.82, 2.24) is 40.6 Å². The number of rotatable bonds is 12. The van der Waals surface area contributed by atoms with E-state index in [2.05, 4.69) is 111 Å². The molecular weight excluding hydrogens is 1400 g/mol. The minimum atomic E-state index is -4.66. The summed E-state index contributed by atoms with van der Waals surface area (Å²) in [6, 6.07) is 37.3. The summed E-state index contributed by atoms with van der Waals surface area (Å²) in [5, 5.41) is 52.1. The number of alkyl halides is 3. The second-order valence-corrected chi connectivity index (χ2v) is 25.4. The summed E-state index contributed by atoms with van der Waals surface area (Å²) in [5.74, 6) is 2.37. The van der Waals surface area contributed by atoms with Gasteiger partial charge in [0.05, 0.1) is 85.4 Å². The van der Waals surface area contributed by atoms with Crippen LogP contribution in [0.15, 0.2) is 144 Å². The van der Waals surface area contributed by atoms with Gasteiger partial charge in [0.15, 0.2) is 28.6 Å². The number of nitriles is 4. The smallest absolute Gasteiger partial charge is 0.361 e. The molecule has 0 aliphatic heterocycles. The first kappa shape index (κ1) is 75.2. The minimum absolute atomic E-state index is 0.210. The van der Waals surface area contributed by atoms with E-state index in [0.29, 0.717) is 32.3 Å². The van der Waals surface area contributed by atoms with Crippen LogP contribution in [-0.4, -0.2) is 68.8 Å². The van der Waals surface area contributed by atoms with Crippen LogP contribution in [-0.2, 0) is 6.18 Å². The molecule has 0 atom stereocenters. The zero-order valence-electron chi connectivity index (χ0n) is 59.1. The molecule has 0 bridgehead atoms. The van der Waals surface area contributed by atoms with Gasteiger partial charge in [0.25, 0.3) is 0 Å². The van der Waals surface area contributed by atoms with Crippen molar-refractivity contribution in [3.8, 4) is 68.8 Å². The standard InChI is InChI=1S/C20H17F3N4O.C19H17BrN4O.C19H17ClN4O.C19H17FN4O/c1-11-5-6-14(19-12(2)26-28-13(19)3)7-18(11)27(4)15-8-16(20(21,22)23)17(9-24)25-10-15;3*1-11-5-6-14(19-12(2)23-25-13(19)3)7-18(11)24(4)15-8-16(20)17(9-21)22-10-15/h5-8,10H,1-4H3;3*5-8,10H,1-4H3. The number of aryl methyl sites for hydroxylation is 12. The fraction of sp³-hybridized carbons (Fsp3) is 0.221. The van der Waals surface area contributed by atoms with Gasteiger partial charge in [0.1, 0.15) is 47.3 Å². The summed E-state index contributed by atoms with van der Waals surface area (Å²) >= 11 is 9.52. The molecule has 8 aromatic heterocycles. The van der Waals surface area contributed by atoms with Crippen LogP contribution in [0.4, 0.5) is 63.1 Å². The van der Waals surface area contributed by atoms with E-state index >= 15 is 0 Å². The molecular formula is C77H68BrClF4N16O4. The van der Waals surface area contributed by atoms with Crippen molar-refractivity contribution in [2.45, 2.75) is 89.3 Å². The third kappa shape index (κ3) is 16.4. The second-order valence-electron chi connectivity index (χ2n) is 24.1. The zero-order chi connectivity index (χ0) is 75.0. The summed E-state index contributed by atoms with van der Waals surface area (Å²) in [4.78, 5) is 23.4. The van der Waals surface area contributed by atoms with Crippen molar-refractivity contribution in [3.63, 3.8) is 0 Å². The predicted molar refractivity (Wildman–Crippen MR) is 390 cm³/mol. The van der Waals surface area contributed by atoms with Crippen molar-refractivity contribution < 1.29 is 35.7 Å². The molecule has 0 aliphatic carbocycles. The predicted octanol–water partition coefficient (Wildman–Crippen LogP) is 19.8. The molecule has 0 fully saturated rings. The van der Waals surface area contributed by atoms with Gasteiger partial charge in [-0.3, -0.25) is 0 Å². The topological polar surface area (TPSA) is 264 Å². The molecule has 103 heavy (non-hydrogen) atoms. The Hall–Kier alpha value is -12.0. The number of hydrogen-bond acceptors (Lipinski definition) is 20. The average Bonchev–Trinajstić information content (AvgIpc) is 1.75. The first-order chi connectivity index (χ1) is 48.9. The van der Waals surface area contributed by atoms with Crippen LogP contribution in [0.25, 0.3) is 44.5 Å². The van der Waals surface area contributed by atoms with Gasteiger partial charge in [-0.25, -0.2) is 24.3 Å². The van der Waals surface area contributed by atoms with Crippen LogP contribution in [0.3, 0.4) is 0 Å². The van der Waals surface area contributed by atoms with Crippen molar-refractivity contribution in [2.75, 3.05) is 47.8 Å². The van der Waals surface area contributed by atoms with Gasteiger partial charge in [-0.15, -0.1) is 0 Å². The Morgan fingerprint density at radius 1 is 0.388 bits per heavy atom. The Labute approximate surface area is 606 Å². The van der Waals surface area contributed by atoms with E-state index in [1.807, 2.05) is 149 Å². The highest BCUT2D eigenvalue weighted by molar-refractivity contribution is 9.10. The lowest BCUT2D eigenvalue weighted by Gasteiger charge is -2.23. The zero-order valence-corrected chi connectivity index (χ0v) is 61.4. The maximum absolute atomic E-state index is 13.9. The number of hydrogen-bond donors (Lipinski definition) is 0.